The first-order chi connectivity index (χ1) is 13.9. The molecule has 0 atom stereocenters. The molecule has 0 saturated carbocycles. The highest BCUT2D eigenvalue weighted by Crippen LogP contribution is 2.35. The maximum absolute atomic E-state index is 11.4. The summed E-state index contributed by atoms with van der Waals surface area (Å²) in [5.41, 5.74) is 2.78. The van der Waals surface area contributed by atoms with Gasteiger partial charge in [-0.15, -0.1) is 11.3 Å². The van der Waals surface area contributed by atoms with Crippen molar-refractivity contribution in [2.24, 2.45) is 0 Å². The van der Waals surface area contributed by atoms with E-state index in [1.54, 1.807) is 6.07 Å². The van der Waals surface area contributed by atoms with Crippen molar-refractivity contribution in [3.8, 4) is 33.5 Å². The fourth-order valence-corrected chi connectivity index (χ4v) is 3.53. The van der Waals surface area contributed by atoms with Crippen LogP contribution in [0.25, 0.3) is 22.0 Å². The molecule has 0 fully saturated rings. The first-order valence-corrected chi connectivity index (χ1v) is 10.1. The van der Waals surface area contributed by atoms with E-state index >= 15 is 0 Å². The van der Waals surface area contributed by atoms with Crippen molar-refractivity contribution < 1.29 is 19.4 Å². The van der Waals surface area contributed by atoms with Crippen LogP contribution in [-0.2, 0) is 0 Å². The van der Waals surface area contributed by atoms with Gasteiger partial charge in [0.2, 0.25) is 0 Å². The number of hydrogen-bond donors (Lipinski definition) is 1. The molecular formula is C21H23N3O4S. The molecule has 0 aliphatic carbocycles. The van der Waals surface area contributed by atoms with E-state index in [9.17, 15) is 9.90 Å². The maximum Gasteiger partial charge on any atom is 0.354 e. The Morgan fingerprint density at radius 2 is 1.76 bits per heavy atom. The molecule has 7 nitrogen and oxygen atoms in total. The Morgan fingerprint density at radius 1 is 1.03 bits per heavy atom. The Labute approximate surface area is 173 Å². The predicted molar refractivity (Wildman–Crippen MR) is 114 cm³/mol. The molecule has 0 spiro atoms. The molecule has 0 radical (unpaired) electrons. The van der Waals surface area contributed by atoms with Gasteiger partial charge in [-0.25, -0.2) is 14.8 Å². The minimum absolute atomic E-state index is 0.0135. The summed E-state index contributed by atoms with van der Waals surface area (Å²) in [7, 11) is 3.71. The molecule has 1 N–H and O–H groups in total. The number of carbonyl (C=O) groups is 1. The van der Waals surface area contributed by atoms with E-state index in [2.05, 4.69) is 9.97 Å². The maximum atomic E-state index is 11.4. The second-order valence-electron chi connectivity index (χ2n) is 6.36. The van der Waals surface area contributed by atoms with Gasteiger partial charge >= 0.3 is 5.97 Å². The van der Waals surface area contributed by atoms with E-state index in [1.165, 1.54) is 11.3 Å². The van der Waals surface area contributed by atoms with Crippen LogP contribution in [0, 0.1) is 0 Å². The smallest absolute Gasteiger partial charge is 0.354 e. The Bertz CT molecular complexity index is 1020. The summed E-state index contributed by atoms with van der Waals surface area (Å²) in [6.07, 6.45) is 0. The van der Waals surface area contributed by atoms with Crippen molar-refractivity contribution in [1.29, 1.82) is 0 Å². The summed E-state index contributed by atoms with van der Waals surface area (Å²) in [5.74, 6) is 0.295. The Morgan fingerprint density at radius 3 is 2.41 bits per heavy atom. The summed E-state index contributed by atoms with van der Waals surface area (Å²) in [6, 6.07) is 9.08. The van der Waals surface area contributed by atoms with Crippen LogP contribution in [0.2, 0.25) is 0 Å². The summed E-state index contributed by atoms with van der Waals surface area (Å²) < 4.78 is 11.3. The lowest BCUT2D eigenvalue weighted by Gasteiger charge is -2.13. The second kappa shape index (κ2) is 8.91. The van der Waals surface area contributed by atoms with Crippen molar-refractivity contribution in [2.75, 3.05) is 32.2 Å². The summed E-state index contributed by atoms with van der Waals surface area (Å²) >= 11 is 1.46. The van der Waals surface area contributed by atoms with E-state index in [0.29, 0.717) is 36.1 Å². The van der Waals surface area contributed by atoms with Gasteiger partial charge in [0, 0.05) is 30.7 Å². The third kappa shape index (κ3) is 4.65. The quantitative estimate of drug-likeness (QED) is 0.584. The molecule has 3 rings (SSSR count). The monoisotopic (exact) mass is 413 g/mol. The molecule has 2 heterocycles. The molecule has 0 aliphatic rings. The average molecular weight is 413 g/mol. The van der Waals surface area contributed by atoms with Crippen LogP contribution in [0.5, 0.6) is 11.5 Å². The summed E-state index contributed by atoms with van der Waals surface area (Å²) in [5, 5.41) is 12.0. The number of anilines is 1. The van der Waals surface area contributed by atoms with E-state index in [0.717, 1.165) is 16.3 Å². The van der Waals surface area contributed by atoms with Gasteiger partial charge in [0.15, 0.2) is 17.2 Å². The topological polar surface area (TPSA) is 84.8 Å². The minimum atomic E-state index is -1.07. The van der Waals surface area contributed by atoms with Gasteiger partial charge in [0.25, 0.3) is 0 Å². The fourth-order valence-electron chi connectivity index (χ4n) is 2.72. The largest absolute Gasteiger partial charge is 0.490 e. The number of ether oxygens (including phenoxy) is 2. The van der Waals surface area contributed by atoms with Crippen molar-refractivity contribution in [3.63, 3.8) is 0 Å². The molecule has 1 aromatic carbocycles. The average Bonchev–Trinajstić information content (AvgIpc) is 3.19. The normalized spacial score (nSPS) is 10.6. The number of thiazole rings is 1. The van der Waals surface area contributed by atoms with Crippen LogP contribution in [0.15, 0.2) is 35.7 Å². The zero-order valence-corrected chi connectivity index (χ0v) is 17.6. The minimum Gasteiger partial charge on any atom is -0.490 e. The van der Waals surface area contributed by atoms with Gasteiger partial charge in [-0.1, -0.05) is 0 Å². The molecule has 3 aromatic rings. The Hall–Kier alpha value is -3.13. The number of carboxylic acid groups (broad SMARTS) is 1. The number of hydrogen-bond acceptors (Lipinski definition) is 7. The Kier molecular flexibility index (Phi) is 6.33. The zero-order chi connectivity index (χ0) is 21.0. The standard InChI is InChI=1S/C21H23N3O4S/c1-5-27-18-8-7-13(9-19(18)28-6-2)20-23-17(12-29-20)15-10-14(24(3)4)11-16(22-15)21(25)26/h7-12H,5-6H2,1-4H3,(H,25,26). The third-order valence-electron chi connectivity index (χ3n) is 4.10. The number of nitrogens with zero attached hydrogens (tertiary/aromatic N) is 3. The molecular weight excluding hydrogens is 390 g/mol. The zero-order valence-electron chi connectivity index (χ0n) is 16.8. The molecule has 0 bridgehead atoms. The number of pyridine rings is 1. The summed E-state index contributed by atoms with van der Waals surface area (Å²) in [4.78, 5) is 22.2. The lowest BCUT2D eigenvalue weighted by Crippen LogP contribution is -2.11. The third-order valence-corrected chi connectivity index (χ3v) is 4.99. The van der Waals surface area contributed by atoms with Gasteiger partial charge in [-0.05, 0) is 44.2 Å². The van der Waals surface area contributed by atoms with E-state index in [-0.39, 0.29) is 5.69 Å². The first kappa shape index (κ1) is 20.6. The molecule has 0 unspecified atom stereocenters. The molecule has 2 aromatic heterocycles. The van der Waals surface area contributed by atoms with Crippen LogP contribution in [0.1, 0.15) is 24.3 Å². The van der Waals surface area contributed by atoms with Crippen molar-refractivity contribution in [2.45, 2.75) is 13.8 Å². The van der Waals surface area contributed by atoms with Crippen molar-refractivity contribution >= 4 is 23.0 Å². The number of aromatic nitrogens is 2. The van der Waals surface area contributed by atoms with E-state index in [4.69, 9.17) is 9.47 Å². The molecule has 0 aliphatic heterocycles. The molecule has 0 amide bonds. The van der Waals surface area contributed by atoms with Gasteiger partial charge < -0.3 is 19.5 Å². The number of benzene rings is 1. The van der Waals surface area contributed by atoms with Gasteiger partial charge in [-0.3, -0.25) is 0 Å². The fraction of sp³-hybridized carbons (Fsp3) is 0.286. The highest BCUT2D eigenvalue weighted by atomic mass is 32.1. The van der Waals surface area contributed by atoms with Crippen LogP contribution in [0.4, 0.5) is 5.69 Å². The van der Waals surface area contributed by atoms with Gasteiger partial charge in [0.1, 0.15) is 10.7 Å². The highest BCUT2D eigenvalue weighted by Gasteiger charge is 2.15. The van der Waals surface area contributed by atoms with Crippen molar-refractivity contribution in [3.05, 3.63) is 41.4 Å². The predicted octanol–water partition coefficient (Wildman–Crippen LogP) is 4.43. The van der Waals surface area contributed by atoms with Gasteiger partial charge in [-0.2, -0.15) is 0 Å². The van der Waals surface area contributed by atoms with E-state index in [1.807, 2.05) is 62.5 Å². The molecule has 0 saturated heterocycles. The van der Waals surface area contributed by atoms with Crippen molar-refractivity contribution in [1.82, 2.24) is 9.97 Å². The SMILES string of the molecule is CCOc1ccc(-c2nc(-c3cc(N(C)C)cc(C(=O)O)n3)cs2)cc1OCC. The first-order valence-electron chi connectivity index (χ1n) is 9.21. The van der Waals surface area contributed by atoms with E-state index < -0.39 is 5.97 Å². The number of carboxylic acids is 1. The lowest BCUT2D eigenvalue weighted by molar-refractivity contribution is 0.0690. The highest BCUT2D eigenvalue weighted by molar-refractivity contribution is 7.13. The van der Waals surface area contributed by atoms with Crippen LogP contribution >= 0.6 is 11.3 Å². The van der Waals surface area contributed by atoms with Crippen LogP contribution < -0.4 is 14.4 Å². The van der Waals surface area contributed by atoms with Gasteiger partial charge in [0.05, 0.1) is 18.9 Å². The lowest BCUT2D eigenvalue weighted by atomic mass is 10.2. The number of aromatic carboxylic acids is 1. The summed E-state index contributed by atoms with van der Waals surface area (Å²) in [6.45, 7) is 4.94. The van der Waals surface area contributed by atoms with Crippen LogP contribution in [-0.4, -0.2) is 48.4 Å². The number of rotatable bonds is 8. The Balaban J connectivity index is 1.99. The molecule has 29 heavy (non-hydrogen) atoms. The molecule has 152 valence electrons. The second-order valence-corrected chi connectivity index (χ2v) is 7.22. The van der Waals surface area contributed by atoms with Crippen LogP contribution in [0.3, 0.4) is 0 Å². The molecule has 8 heteroatoms.